The first-order valence-corrected chi connectivity index (χ1v) is 11.3. The van der Waals surface area contributed by atoms with Gasteiger partial charge in [-0.05, 0) is 66.8 Å². The first kappa shape index (κ1) is 18.6. The molecule has 0 amide bonds. The van der Waals surface area contributed by atoms with Crippen molar-refractivity contribution in [2.45, 2.75) is 24.2 Å². The maximum absolute atomic E-state index is 12.9. The monoisotopic (exact) mass is 416 g/mol. The minimum absolute atomic E-state index is 0.165. The minimum Gasteiger partial charge on any atom is -0.337 e. The molecule has 0 saturated heterocycles. The number of rotatable bonds is 5. The molecular formula is C23H20N4O2S. The van der Waals surface area contributed by atoms with Crippen molar-refractivity contribution in [2.75, 3.05) is 10.0 Å². The van der Waals surface area contributed by atoms with Gasteiger partial charge in [0.05, 0.1) is 15.9 Å². The Kier molecular flexibility index (Phi) is 4.59. The summed E-state index contributed by atoms with van der Waals surface area (Å²) < 4.78 is 28.4. The van der Waals surface area contributed by atoms with Gasteiger partial charge in [0.1, 0.15) is 0 Å². The molecule has 4 aromatic rings. The maximum atomic E-state index is 12.9. The number of anilines is 3. The Balaban J connectivity index is 1.56. The largest absolute Gasteiger partial charge is 0.337 e. The van der Waals surface area contributed by atoms with E-state index >= 15 is 0 Å². The number of nitrogens with one attached hydrogen (secondary N) is 2. The SMILES string of the molecule is O=S(=O)(Nc1nc2ccccc2nc1Nc1ccc2c(c1)CCC2)c1ccccc1. The van der Waals surface area contributed by atoms with E-state index in [-0.39, 0.29) is 10.7 Å². The number of aryl methyl sites for hydroxylation is 2. The van der Waals surface area contributed by atoms with Gasteiger partial charge in [0.2, 0.25) is 0 Å². The Hall–Kier alpha value is -3.45. The second-order valence-corrected chi connectivity index (χ2v) is 8.97. The predicted octanol–water partition coefficient (Wildman–Crippen LogP) is 4.66. The zero-order chi connectivity index (χ0) is 20.6. The number of nitrogens with zero attached hydrogens (tertiary/aromatic N) is 2. The Labute approximate surface area is 175 Å². The average molecular weight is 417 g/mol. The van der Waals surface area contributed by atoms with Crippen LogP contribution in [0.25, 0.3) is 11.0 Å². The highest BCUT2D eigenvalue weighted by molar-refractivity contribution is 7.92. The van der Waals surface area contributed by atoms with E-state index in [1.807, 2.05) is 30.3 Å². The third-order valence-corrected chi connectivity index (χ3v) is 6.57. The maximum Gasteiger partial charge on any atom is 0.263 e. The molecule has 1 aliphatic carbocycles. The van der Waals surface area contributed by atoms with Crippen molar-refractivity contribution in [1.29, 1.82) is 0 Å². The van der Waals surface area contributed by atoms with Crippen LogP contribution in [0.5, 0.6) is 0 Å². The molecule has 1 heterocycles. The smallest absolute Gasteiger partial charge is 0.263 e. The number of hydrogen-bond donors (Lipinski definition) is 2. The lowest BCUT2D eigenvalue weighted by atomic mass is 10.1. The van der Waals surface area contributed by atoms with Gasteiger partial charge < -0.3 is 5.32 Å². The summed E-state index contributed by atoms with van der Waals surface area (Å²) in [5.41, 5.74) is 4.85. The van der Waals surface area contributed by atoms with Gasteiger partial charge in [-0.1, -0.05) is 36.4 Å². The van der Waals surface area contributed by atoms with Crippen LogP contribution in [0.1, 0.15) is 17.5 Å². The van der Waals surface area contributed by atoms with E-state index in [0.717, 1.165) is 24.9 Å². The van der Waals surface area contributed by atoms with E-state index in [9.17, 15) is 8.42 Å². The lowest BCUT2D eigenvalue weighted by Gasteiger charge is -2.14. The molecule has 30 heavy (non-hydrogen) atoms. The van der Waals surface area contributed by atoms with Crippen LogP contribution in [-0.2, 0) is 22.9 Å². The van der Waals surface area contributed by atoms with E-state index in [0.29, 0.717) is 16.9 Å². The van der Waals surface area contributed by atoms with Crippen molar-refractivity contribution < 1.29 is 8.42 Å². The van der Waals surface area contributed by atoms with Crippen molar-refractivity contribution >= 4 is 38.4 Å². The van der Waals surface area contributed by atoms with Crippen LogP contribution >= 0.6 is 0 Å². The van der Waals surface area contributed by atoms with Gasteiger partial charge in [-0.2, -0.15) is 0 Å². The zero-order valence-corrected chi connectivity index (χ0v) is 17.0. The van der Waals surface area contributed by atoms with Gasteiger partial charge >= 0.3 is 0 Å². The molecule has 150 valence electrons. The number of aromatic nitrogens is 2. The fourth-order valence-corrected chi connectivity index (χ4v) is 4.76. The predicted molar refractivity (Wildman–Crippen MR) is 119 cm³/mol. The van der Waals surface area contributed by atoms with Gasteiger partial charge in [0.25, 0.3) is 10.0 Å². The lowest BCUT2D eigenvalue weighted by Crippen LogP contribution is -2.16. The number of sulfonamides is 1. The highest BCUT2D eigenvalue weighted by atomic mass is 32.2. The summed E-state index contributed by atoms with van der Waals surface area (Å²) in [5, 5.41) is 3.27. The third-order valence-electron chi connectivity index (χ3n) is 5.22. The van der Waals surface area contributed by atoms with Gasteiger partial charge in [-0.3, -0.25) is 4.72 Å². The van der Waals surface area contributed by atoms with Gasteiger partial charge in [-0.25, -0.2) is 18.4 Å². The first-order chi connectivity index (χ1) is 14.6. The molecule has 5 rings (SSSR count). The zero-order valence-electron chi connectivity index (χ0n) is 16.2. The molecule has 2 N–H and O–H groups in total. The molecule has 0 radical (unpaired) electrons. The Bertz CT molecular complexity index is 1340. The Morgan fingerprint density at radius 1 is 0.733 bits per heavy atom. The lowest BCUT2D eigenvalue weighted by molar-refractivity contribution is 0.601. The van der Waals surface area contributed by atoms with Gasteiger partial charge in [0, 0.05) is 5.69 Å². The molecule has 0 bridgehead atoms. The summed E-state index contributed by atoms with van der Waals surface area (Å²) in [6, 6.07) is 21.8. The molecule has 0 fully saturated rings. The minimum atomic E-state index is -3.80. The third kappa shape index (κ3) is 3.59. The molecular weight excluding hydrogens is 396 g/mol. The number of hydrogen-bond acceptors (Lipinski definition) is 5. The quantitative estimate of drug-likeness (QED) is 0.494. The summed E-state index contributed by atoms with van der Waals surface area (Å²) >= 11 is 0. The van der Waals surface area contributed by atoms with Crippen molar-refractivity contribution in [3.63, 3.8) is 0 Å². The van der Waals surface area contributed by atoms with Crippen LogP contribution in [0.2, 0.25) is 0 Å². The second kappa shape index (κ2) is 7.42. The van der Waals surface area contributed by atoms with E-state index in [4.69, 9.17) is 0 Å². The van der Waals surface area contributed by atoms with Crippen molar-refractivity contribution in [3.8, 4) is 0 Å². The summed E-state index contributed by atoms with van der Waals surface area (Å²) in [5.74, 6) is 0.532. The van der Waals surface area contributed by atoms with Gasteiger partial charge in [-0.15, -0.1) is 0 Å². The molecule has 7 heteroatoms. The van der Waals surface area contributed by atoms with Crippen molar-refractivity contribution in [1.82, 2.24) is 9.97 Å². The molecule has 0 atom stereocenters. The number of para-hydroxylation sites is 2. The van der Waals surface area contributed by atoms with Crippen LogP contribution in [-0.4, -0.2) is 18.4 Å². The van der Waals surface area contributed by atoms with Crippen LogP contribution in [0.15, 0.2) is 77.7 Å². The fraction of sp³-hybridized carbons (Fsp3) is 0.130. The molecule has 0 spiro atoms. The Morgan fingerprint density at radius 3 is 2.17 bits per heavy atom. The molecule has 0 aliphatic heterocycles. The van der Waals surface area contributed by atoms with Crippen LogP contribution < -0.4 is 10.0 Å². The van der Waals surface area contributed by atoms with E-state index < -0.39 is 10.0 Å². The van der Waals surface area contributed by atoms with Gasteiger partial charge in [0.15, 0.2) is 11.6 Å². The highest BCUT2D eigenvalue weighted by Crippen LogP contribution is 2.30. The van der Waals surface area contributed by atoms with Crippen molar-refractivity contribution in [3.05, 3.63) is 83.9 Å². The van der Waals surface area contributed by atoms with E-state index in [1.54, 1.807) is 30.3 Å². The highest BCUT2D eigenvalue weighted by Gasteiger charge is 2.19. The topological polar surface area (TPSA) is 84.0 Å². The summed E-state index contributed by atoms with van der Waals surface area (Å²) in [7, 11) is -3.80. The molecule has 6 nitrogen and oxygen atoms in total. The summed E-state index contributed by atoms with van der Waals surface area (Å²) in [6.45, 7) is 0. The summed E-state index contributed by atoms with van der Waals surface area (Å²) in [4.78, 5) is 9.35. The molecule has 1 aromatic heterocycles. The fourth-order valence-electron chi connectivity index (χ4n) is 3.73. The molecule has 3 aromatic carbocycles. The van der Waals surface area contributed by atoms with E-state index in [1.165, 1.54) is 11.1 Å². The average Bonchev–Trinajstić information content (AvgIpc) is 3.22. The molecule has 0 unspecified atom stereocenters. The van der Waals surface area contributed by atoms with Crippen LogP contribution in [0.4, 0.5) is 17.3 Å². The molecule has 1 aliphatic rings. The second-order valence-electron chi connectivity index (χ2n) is 7.29. The molecule has 0 saturated carbocycles. The number of fused-ring (bicyclic) bond motifs is 2. The van der Waals surface area contributed by atoms with Crippen LogP contribution in [0, 0.1) is 0 Å². The van der Waals surface area contributed by atoms with E-state index in [2.05, 4.69) is 32.1 Å². The van der Waals surface area contributed by atoms with Crippen LogP contribution in [0.3, 0.4) is 0 Å². The Morgan fingerprint density at radius 2 is 1.40 bits per heavy atom. The normalized spacial score (nSPS) is 13.2. The standard InChI is InChI=1S/C23H20N4O2S/c28-30(29,19-9-2-1-3-10-19)27-23-22(25-20-11-4-5-12-21(20)26-23)24-18-14-13-16-7-6-8-17(16)15-18/h1-5,9-15H,6-8H2,(H,24,25)(H,26,27). The van der Waals surface area contributed by atoms with Crippen molar-refractivity contribution in [2.24, 2.45) is 0 Å². The summed E-state index contributed by atoms with van der Waals surface area (Å²) in [6.07, 6.45) is 3.33. The first-order valence-electron chi connectivity index (χ1n) is 9.82. The number of benzene rings is 3.